The van der Waals surface area contributed by atoms with Crippen LogP contribution in [0.25, 0.3) is 0 Å². The lowest BCUT2D eigenvalue weighted by Gasteiger charge is -2.17. The first-order valence-corrected chi connectivity index (χ1v) is 6.91. The average Bonchev–Trinajstić information content (AvgIpc) is 2.38. The van der Waals surface area contributed by atoms with Gasteiger partial charge in [0, 0.05) is 10.1 Å². The minimum atomic E-state index is -1.45. The fourth-order valence-electron chi connectivity index (χ4n) is 1.38. The summed E-state index contributed by atoms with van der Waals surface area (Å²) in [4.78, 5) is 11.8. The molecule has 0 aliphatic carbocycles. The summed E-state index contributed by atoms with van der Waals surface area (Å²) in [5.74, 6) is -1.50. The zero-order valence-electron chi connectivity index (χ0n) is 10.3. The molecular formula is C12H14ClFO3S. The van der Waals surface area contributed by atoms with Gasteiger partial charge in [-0.3, -0.25) is 9.00 Å². The van der Waals surface area contributed by atoms with Gasteiger partial charge in [0.1, 0.15) is 5.82 Å². The number of rotatable bonds is 4. The topological polar surface area (TPSA) is 43.4 Å². The van der Waals surface area contributed by atoms with Gasteiger partial charge in [0.25, 0.3) is 0 Å². The summed E-state index contributed by atoms with van der Waals surface area (Å²) >= 11 is 5.63. The maximum absolute atomic E-state index is 13.0. The number of ether oxygens (including phenoxy) is 1. The molecule has 0 heterocycles. The van der Waals surface area contributed by atoms with E-state index >= 15 is 0 Å². The summed E-state index contributed by atoms with van der Waals surface area (Å²) in [7, 11) is -0.170. The van der Waals surface area contributed by atoms with Crippen molar-refractivity contribution in [2.75, 3.05) is 7.11 Å². The van der Waals surface area contributed by atoms with E-state index in [1.165, 1.54) is 19.2 Å². The molecule has 6 heteroatoms. The number of methoxy groups -OCH3 is 1. The van der Waals surface area contributed by atoms with Gasteiger partial charge in [0.2, 0.25) is 0 Å². The Hall–Kier alpha value is -0.940. The van der Waals surface area contributed by atoms with Crippen LogP contribution in [-0.4, -0.2) is 22.5 Å². The molecular weight excluding hydrogens is 279 g/mol. The lowest BCUT2D eigenvalue weighted by molar-refractivity contribution is -0.144. The fraction of sp³-hybridized carbons (Fsp3) is 0.417. The van der Waals surface area contributed by atoms with Crippen molar-refractivity contribution in [1.82, 2.24) is 0 Å². The van der Waals surface area contributed by atoms with Gasteiger partial charge in [-0.05, 0) is 25.1 Å². The Morgan fingerprint density at radius 2 is 2.06 bits per heavy atom. The Bertz CT molecular complexity index is 478. The summed E-state index contributed by atoms with van der Waals surface area (Å²) in [5, 5.41) is -0.530. The molecule has 18 heavy (non-hydrogen) atoms. The van der Waals surface area contributed by atoms with Crippen molar-refractivity contribution in [3.63, 3.8) is 0 Å². The molecule has 0 spiro atoms. The van der Waals surface area contributed by atoms with E-state index in [2.05, 4.69) is 4.74 Å². The van der Waals surface area contributed by atoms with Crippen molar-refractivity contribution in [2.45, 2.75) is 24.0 Å². The summed E-state index contributed by atoms with van der Waals surface area (Å²) < 4.78 is 29.8. The van der Waals surface area contributed by atoms with Crippen molar-refractivity contribution in [3.8, 4) is 0 Å². The molecule has 3 unspecified atom stereocenters. The third-order valence-corrected chi connectivity index (χ3v) is 4.83. The van der Waals surface area contributed by atoms with Gasteiger partial charge >= 0.3 is 5.97 Å². The van der Waals surface area contributed by atoms with Gasteiger partial charge < -0.3 is 4.74 Å². The molecule has 0 bridgehead atoms. The molecule has 0 fully saturated rings. The Morgan fingerprint density at radius 3 is 2.56 bits per heavy atom. The van der Waals surface area contributed by atoms with Crippen LogP contribution in [0.1, 0.15) is 13.8 Å². The van der Waals surface area contributed by atoms with Gasteiger partial charge in [0.05, 0.1) is 28.8 Å². The molecule has 1 aromatic rings. The lowest BCUT2D eigenvalue weighted by atomic mass is 10.1. The molecule has 0 aromatic heterocycles. The number of hydrogen-bond donors (Lipinski definition) is 0. The van der Waals surface area contributed by atoms with Crippen LogP contribution in [0.5, 0.6) is 0 Å². The Balaban J connectivity index is 2.93. The van der Waals surface area contributed by atoms with Crippen molar-refractivity contribution in [1.29, 1.82) is 0 Å². The highest BCUT2D eigenvalue weighted by molar-refractivity contribution is 7.85. The number of carbonyl (C=O) groups is 1. The van der Waals surface area contributed by atoms with Crippen molar-refractivity contribution >= 4 is 28.4 Å². The molecule has 3 nitrogen and oxygen atoms in total. The second-order valence-corrected chi connectivity index (χ2v) is 6.11. The van der Waals surface area contributed by atoms with Crippen LogP contribution in [-0.2, 0) is 20.3 Å². The van der Waals surface area contributed by atoms with Crippen LogP contribution in [0.4, 0.5) is 4.39 Å². The third kappa shape index (κ3) is 3.29. The maximum Gasteiger partial charge on any atom is 0.309 e. The monoisotopic (exact) mass is 292 g/mol. The summed E-state index contributed by atoms with van der Waals surface area (Å²) in [5.41, 5.74) is 0. The van der Waals surface area contributed by atoms with Crippen molar-refractivity contribution in [2.24, 2.45) is 5.92 Å². The molecule has 0 amide bonds. The molecule has 0 aliphatic rings. The van der Waals surface area contributed by atoms with E-state index in [9.17, 15) is 13.4 Å². The summed E-state index contributed by atoms with van der Waals surface area (Å²) in [6, 6.07) is 3.87. The van der Waals surface area contributed by atoms with Crippen LogP contribution in [0.3, 0.4) is 0 Å². The van der Waals surface area contributed by atoms with E-state index in [1.54, 1.807) is 13.8 Å². The van der Waals surface area contributed by atoms with Gasteiger partial charge in [-0.15, -0.1) is 0 Å². The summed E-state index contributed by atoms with van der Waals surface area (Å²) in [6.07, 6.45) is 0. The number of halogens is 2. The molecule has 1 rings (SSSR count). The van der Waals surface area contributed by atoms with Gasteiger partial charge in [-0.25, -0.2) is 4.39 Å². The van der Waals surface area contributed by atoms with E-state index in [-0.39, 0.29) is 5.02 Å². The minimum absolute atomic E-state index is 0.0845. The second-order valence-electron chi connectivity index (χ2n) is 3.89. The van der Waals surface area contributed by atoms with E-state index in [4.69, 9.17) is 11.6 Å². The highest BCUT2D eigenvalue weighted by Gasteiger charge is 2.27. The minimum Gasteiger partial charge on any atom is -0.469 e. The molecule has 3 atom stereocenters. The molecule has 0 saturated heterocycles. The summed E-state index contributed by atoms with van der Waals surface area (Å²) in [6.45, 7) is 3.31. The Morgan fingerprint density at radius 1 is 1.44 bits per heavy atom. The Labute approximate surface area is 113 Å². The Kier molecular flexibility index (Phi) is 5.28. The quantitative estimate of drug-likeness (QED) is 0.802. The zero-order valence-corrected chi connectivity index (χ0v) is 11.8. The molecule has 100 valence electrons. The molecule has 0 saturated carbocycles. The van der Waals surface area contributed by atoms with E-state index in [1.807, 2.05) is 0 Å². The molecule has 0 N–H and O–H groups in total. The van der Waals surface area contributed by atoms with Gasteiger partial charge in [-0.2, -0.15) is 0 Å². The fourth-order valence-corrected chi connectivity index (χ4v) is 2.97. The molecule has 1 aromatic carbocycles. The SMILES string of the molecule is COC(=O)C(C)C(C)S(=O)c1ccc(F)c(Cl)c1. The van der Waals surface area contributed by atoms with Crippen molar-refractivity contribution < 1.29 is 18.1 Å². The second kappa shape index (κ2) is 6.29. The largest absolute Gasteiger partial charge is 0.469 e. The third-order valence-electron chi connectivity index (χ3n) is 2.74. The van der Waals surface area contributed by atoms with E-state index in [0.29, 0.717) is 4.90 Å². The van der Waals surface area contributed by atoms with Gasteiger partial charge in [-0.1, -0.05) is 18.5 Å². The predicted octanol–water partition coefficient (Wildman–Crippen LogP) is 2.78. The van der Waals surface area contributed by atoms with E-state index in [0.717, 1.165) is 6.07 Å². The normalized spacial score (nSPS) is 15.8. The smallest absolute Gasteiger partial charge is 0.309 e. The van der Waals surface area contributed by atoms with Crippen LogP contribution in [0.2, 0.25) is 5.02 Å². The first-order chi connectivity index (χ1) is 8.38. The van der Waals surface area contributed by atoms with E-state index < -0.39 is 33.8 Å². The van der Waals surface area contributed by atoms with Crippen LogP contribution in [0, 0.1) is 11.7 Å². The van der Waals surface area contributed by atoms with Crippen molar-refractivity contribution in [3.05, 3.63) is 29.0 Å². The van der Waals surface area contributed by atoms with Crippen LogP contribution >= 0.6 is 11.6 Å². The first kappa shape index (κ1) is 15.1. The predicted molar refractivity (Wildman–Crippen MR) is 68.5 cm³/mol. The number of carbonyl (C=O) groups excluding carboxylic acids is 1. The number of benzene rings is 1. The average molecular weight is 293 g/mol. The first-order valence-electron chi connectivity index (χ1n) is 5.32. The highest BCUT2D eigenvalue weighted by atomic mass is 35.5. The molecule has 0 aliphatic heterocycles. The number of hydrogen-bond acceptors (Lipinski definition) is 3. The zero-order chi connectivity index (χ0) is 13.9. The van der Waals surface area contributed by atoms with Crippen LogP contribution < -0.4 is 0 Å². The van der Waals surface area contributed by atoms with Crippen LogP contribution in [0.15, 0.2) is 23.1 Å². The molecule has 0 radical (unpaired) electrons. The maximum atomic E-state index is 13.0. The lowest BCUT2D eigenvalue weighted by Crippen LogP contribution is -2.28. The van der Waals surface area contributed by atoms with Gasteiger partial charge in [0.15, 0.2) is 0 Å². The highest BCUT2D eigenvalue weighted by Crippen LogP contribution is 2.23. The number of esters is 1. The standard InChI is InChI=1S/C12H14ClFO3S/c1-7(12(15)17-3)8(2)18(16)9-4-5-11(14)10(13)6-9/h4-8H,1-3H3.